The van der Waals surface area contributed by atoms with Crippen LogP contribution >= 0.6 is 0 Å². The average molecular weight is 334 g/mol. The van der Waals surface area contributed by atoms with Crippen LogP contribution in [0, 0.1) is 12.5 Å². The Bertz CT molecular complexity index is 903. The van der Waals surface area contributed by atoms with E-state index in [1.807, 2.05) is 12.4 Å². The van der Waals surface area contributed by atoms with E-state index in [1.54, 1.807) is 6.20 Å². The van der Waals surface area contributed by atoms with Gasteiger partial charge in [0.05, 0.1) is 24.2 Å². The molecule has 1 fully saturated rings. The van der Waals surface area contributed by atoms with Gasteiger partial charge in [0.2, 0.25) is 0 Å². The van der Waals surface area contributed by atoms with Gasteiger partial charge in [-0.3, -0.25) is 0 Å². The highest BCUT2D eigenvalue weighted by Crippen LogP contribution is 2.22. The number of nitrogens with one attached hydrogen (secondary N) is 2. The normalized spacial score (nSPS) is 15.2. The molecule has 0 amide bonds. The summed E-state index contributed by atoms with van der Waals surface area (Å²) in [6.45, 7) is 10.1. The van der Waals surface area contributed by atoms with Crippen molar-refractivity contribution in [1.82, 2.24) is 29.8 Å². The van der Waals surface area contributed by atoms with Crippen molar-refractivity contribution in [2.75, 3.05) is 18.4 Å². The number of piperidine rings is 1. The monoisotopic (exact) mass is 334 g/mol. The van der Waals surface area contributed by atoms with Crippen LogP contribution < -0.4 is 10.6 Å². The molecule has 0 atom stereocenters. The lowest BCUT2D eigenvalue weighted by atomic mass is 9.98. The summed E-state index contributed by atoms with van der Waals surface area (Å²) in [6.07, 6.45) is 9.01. The van der Waals surface area contributed by atoms with E-state index in [0.717, 1.165) is 30.7 Å². The number of anilines is 2. The van der Waals surface area contributed by atoms with E-state index >= 15 is 0 Å². The van der Waals surface area contributed by atoms with Gasteiger partial charge in [-0.15, -0.1) is 4.98 Å². The van der Waals surface area contributed by atoms with Gasteiger partial charge in [-0.25, -0.2) is 15.0 Å². The van der Waals surface area contributed by atoms with Gasteiger partial charge in [0.15, 0.2) is 12.0 Å². The molecule has 3 aromatic rings. The fraction of sp³-hybridized carbons (Fsp3) is 0.353. The van der Waals surface area contributed by atoms with Crippen LogP contribution in [0.1, 0.15) is 12.8 Å². The van der Waals surface area contributed by atoms with Crippen LogP contribution in [0.25, 0.3) is 15.9 Å². The van der Waals surface area contributed by atoms with Crippen molar-refractivity contribution in [2.24, 2.45) is 5.92 Å². The Labute approximate surface area is 145 Å². The Kier molecular flexibility index (Phi) is 4.23. The molecule has 25 heavy (non-hydrogen) atoms. The number of pyridine rings is 1. The molecule has 2 N–H and O–H groups in total. The Hall–Kier alpha value is -3.05. The van der Waals surface area contributed by atoms with E-state index in [4.69, 9.17) is 6.57 Å². The highest BCUT2D eigenvalue weighted by Gasteiger charge is 2.15. The summed E-state index contributed by atoms with van der Waals surface area (Å²) >= 11 is 0. The first kappa shape index (κ1) is 15.5. The maximum atomic E-state index is 6.91. The van der Waals surface area contributed by atoms with Crippen LogP contribution in [0.5, 0.6) is 0 Å². The Balaban J connectivity index is 1.55. The topological polar surface area (TPSA) is 84.9 Å². The highest BCUT2D eigenvalue weighted by atomic mass is 15.1. The van der Waals surface area contributed by atoms with Crippen molar-refractivity contribution in [3.63, 3.8) is 0 Å². The molecule has 4 rings (SSSR count). The molecule has 0 aromatic carbocycles. The van der Waals surface area contributed by atoms with Crippen molar-refractivity contribution < 1.29 is 0 Å². The van der Waals surface area contributed by atoms with Crippen molar-refractivity contribution in [3.05, 3.63) is 42.4 Å². The highest BCUT2D eigenvalue weighted by molar-refractivity contribution is 5.78. The first-order valence-corrected chi connectivity index (χ1v) is 8.30. The van der Waals surface area contributed by atoms with Crippen molar-refractivity contribution in [1.29, 1.82) is 0 Å². The zero-order valence-electron chi connectivity index (χ0n) is 13.7. The summed E-state index contributed by atoms with van der Waals surface area (Å²) in [5.74, 6) is 2.19. The number of rotatable bonds is 4. The van der Waals surface area contributed by atoms with E-state index in [0.29, 0.717) is 17.6 Å². The minimum atomic E-state index is 0.272. The van der Waals surface area contributed by atoms with Gasteiger partial charge in [0.25, 0.3) is 5.82 Å². The zero-order chi connectivity index (χ0) is 17.1. The third-order valence-electron chi connectivity index (χ3n) is 4.43. The third-order valence-corrected chi connectivity index (χ3v) is 4.43. The van der Waals surface area contributed by atoms with Gasteiger partial charge < -0.3 is 20.0 Å². The molecule has 1 aliphatic heterocycles. The largest absolute Gasteiger partial charge is 0.359 e. The molecule has 0 saturated carbocycles. The van der Waals surface area contributed by atoms with E-state index in [9.17, 15) is 0 Å². The first-order chi connectivity index (χ1) is 12.3. The van der Waals surface area contributed by atoms with E-state index < -0.39 is 0 Å². The second kappa shape index (κ2) is 6.83. The van der Waals surface area contributed by atoms with Crippen molar-refractivity contribution in [2.45, 2.75) is 19.4 Å². The fourth-order valence-electron chi connectivity index (χ4n) is 3.09. The number of aromatic nitrogens is 5. The maximum Gasteiger partial charge on any atom is 0.288 e. The summed E-state index contributed by atoms with van der Waals surface area (Å²) in [5.41, 5.74) is 1.94. The minimum Gasteiger partial charge on any atom is -0.359 e. The van der Waals surface area contributed by atoms with Crippen LogP contribution in [0.2, 0.25) is 0 Å². The molecule has 0 radical (unpaired) electrons. The SMILES string of the molecule is [C-]#[N+]c1cnc(Nc2cc3c(cn2)ncn3CC2CCNCC2)cn1. The van der Waals surface area contributed by atoms with Crippen LogP contribution in [-0.4, -0.2) is 37.6 Å². The molecule has 0 unspecified atom stereocenters. The lowest BCUT2D eigenvalue weighted by Gasteiger charge is -2.23. The summed E-state index contributed by atoms with van der Waals surface area (Å²) in [4.78, 5) is 20.2. The molecule has 1 saturated heterocycles. The summed E-state index contributed by atoms with van der Waals surface area (Å²) in [5, 5.41) is 6.53. The van der Waals surface area contributed by atoms with Gasteiger partial charge in [0, 0.05) is 12.6 Å². The van der Waals surface area contributed by atoms with E-state index in [2.05, 4.69) is 40.0 Å². The molecule has 4 heterocycles. The Morgan fingerprint density at radius 3 is 2.72 bits per heavy atom. The fourth-order valence-corrected chi connectivity index (χ4v) is 3.09. The molecule has 3 aromatic heterocycles. The second-order valence-corrected chi connectivity index (χ2v) is 6.15. The average Bonchev–Trinajstić information content (AvgIpc) is 3.05. The zero-order valence-corrected chi connectivity index (χ0v) is 13.7. The molecular weight excluding hydrogens is 316 g/mol. The van der Waals surface area contributed by atoms with Gasteiger partial charge in [-0.1, -0.05) is 6.57 Å². The van der Waals surface area contributed by atoms with Crippen molar-refractivity contribution in [3.8, 4) is 0 Å². The van der Waals surface area contributed by atoms with E-state index in [-0.39, 0.29) is 5.82 Å². The Morgan fingerprint density at radius 1 is 1.12 bits per heavy atom. The Morgan fingerprint density at radius 2 is 1.96 bits per heavy atom. The van der Waals surface area contributed by atoms with Gasteiger partial charge in [0.1, 0.15) is 11.3 Å². The van der Waals surface area contributed by atoms with Crippen LogP contribution in [0.4, 0.5) is 17.5 Å². The molecule has 8 nitrogen and oxygen atoms in total. The molecule has 126 valence electrons. The second-order valence-electron chi connectivity index (χ2n) is 6.15. The van der Waals surface area contributed by atoms with Gasteiger partial charge >= 0.3 is 0 Å². The third kappa shape index (κ3) is 3.41. The van der Waals surface area contributed by atoms with Crippen LogP contribution in [0.3, 0.4) is 0 Å². The summed E-state index contributed by atoms with van der Waals surface area (Å²) in [7, 11) is 0. The smallest absolute Gasteiger partial charge is 0.288 e. The standard InChI is InChI=1S/C17H18N8/c1-18-16-8-22-17(9-21-16)24-15-6-14-13(7-20-15)23-11-25(14)10-12-2-4-19-5-3-12/h6-9,11-12,19H,2-5,10H2,(H,20,22,24). The molecule has 0 spiro atoms. The number of nitrogens with zero attached hydrogens (tertiary/aromatic N) is 6. The number of imidazole rings is 1. The predicted molar refractivity (Wildman–Crippen MR) is 94.7 cm³/mol. The van der Waals surface area contributed by atoms with Crippen LogP contribution in [0.15, 0.2) is 31.0 Å². The van der Waals surface area contributed by atoms with Crippen molar-refractivity contribution >= 4 is 28.5 Å². The minimum absolute atomic E-state index is 0.272. The van der Waals surface area contributed by atoms with E-state index in [1.165, 1.54) is 25.2 Å². The lowest BCUT2D eigenvalue weighted by molar-refractivity contribution is 0.336. The molecule has 0 bridgehead atoms. The van der Waals surface area contributed by atoms with Gasteiger partial charge in [-0.2, -0.15) is 0 Å². The van der Waals surface area contributed by atoms with Crippen LogP contribution in [-0.2, 0) is 6.54 Å². The summed E-state index contributed by atoms with van der Waals surface area (Å²) < 4.78 is 2.20. The quantitative estimate of drug-likeness (QED) is 0.713. The molecular formula is C17H18N8. The number of fused-ring (bicyclic) bond motifs is 1. The molecule has 8 heteroatoms. The summed E-state index contributed by atoms with van der Waals surface area (Å²) in [6, 6.07) is 1.98. The molecule has 0 aliphatic carbocycles. The van der Waals surface area contributed by atoms with Gasteiger partial charge in [-0.05, 0) is 31.8 Å². The lowest BCUT2D eigenvalue weighted by Crippen LogP contribution is -2.29. The maximum absolute atomic E-state index is 6.91. The predicted octanol–water partition coefficient (Wildman–Crippen LogP) is 2.52. The number of hydrogen-bond acceptors (Lipinski definition) is 6. The molecule has 1 aliphatic rings. The number of hydrogen-bond donors (Lipinski definition) is 2. The first-order valence-electron chi connectivity index (χ1n) is 8.30.